The predicted octanol–water partition coefficient (Wildman–Crippen LogP) is 22.3. The van der Waals surface area contributed by atoms with E-state index in [1.54, 1.807) is 0 Å². The first-order valence-electron chi connectivity index (χ1n) is 32.3. The second kappa shape index (κ2) is 65.8. The molecule has 79 heavy (non-hydrogen) atoms. The zero-order chi connectivity index (χ0) is 57.1. The van der Waals surface area contributed by atoms with Crippen LogP contribution in [0.4, 0.5) is 0 Å². The van der Waals surface area contributed by atoms with Gasteiger partial charge in [-0.3, -0.25) is 14.4 Å². The van der Waals surface area contributed by atoms with Crippen molar-refractivity contribution in [2.75, 3.05) is 13.2 Å². The van der Waals surface area contributed by atoms with Gasteiger partial charge in [-0.2, -0.15) is 0 Å². The van der Waals surface area contributed by atoms with Crippen LogP contribution in [0, 0.1) is 0 Å². The fraction of sp³-hybridized carbons (Fsp3) is 0.630. The van der Waals surface area contributed by atoms with E-state index in [9.17, 15) is 14.4 Å². The smallest absolute Gasteiger partial charge is 0.306 e. The third-order valence-electron chi connectivity index (χ3n) is 13.3. The molecule has 0 spiro atoms. The molecule has 0 aliphatic carbocycles. The van der Waals surface area contributed by atoms with Crippen molar-refractivity contribution >= 4 is 17.9 Å². The maximum atomic E-state index is 12.9. The molecule has 0 fully saturated rings. The molecule has 0 radical (unpaired) electrons. The molecule has 0 bridgehead atoms. The number of hydrogen-bond donors (Lipinski definition) is 0. The second-order valence-electron chi connectivity index (χ2n) is 20.9. The lowest BCUT2D eigenvalue weighted by molar-refractivity contribution is -0.167. The van der Waals surface area contributed by atoms with Crippen molar-refractivity contribution in [3.05, 3.63) is 146 Å². The van der Waals surface area contributed by atoms with Gasteiger partial charge in [0.1, 0.15) is 13.2 Å². The van der Waals surface area contributed by atoms with Gasteiger partial charge in [-0.1, -0.05) is 269 Å². The van der Waals surface area contributed by atoms with Gasteiger partial charge in [-0.15, -0.1) is 0 Å². The molecule has 0 aromatic rings. The van der Waals surface area contributed by atoms with E-state index < -0.39 is 6.10 Å². The summed E-state index contributed by atoms with van der Waals surface area (Å²) >= 11 is 0. The summed E-state index contributed by atoms with van der Waals surface area (Å²) in [5.74, 6) is -0.989. The Balaban J connectivity index is 4.47. The highest BCUT2D eigenvalue weighted by Gasteiger charge is 2.19. The van der Waals surface area contributed by atoms with Crippen LogP contribution in [0.1, 0.15) is 278 Å². The Morgan fingerprint density at radius 2 is 0.519 bits per heavy atom. The van der Waals surface area contributed by atoms with Crippen molar-refractivity contribution in [1.29, 1.82) is 0 Å². The normalized spacial score (nSPS) is 13.1. The monoisotopic (exact) mass is 1090 g/mol. The average Bonchev–Trinajstić information content (AvgIpc) is 3.45. The summed E-state index contributed by atoms with van der Waals surface area (Å²) in [7, 11) is 0. The summed E-state index contributed by atoms with van der Waals surface area (Å²) in [6, 6.07) is 0. The minimum absolute atomic E-state index is 0.109. The molecular formula is C73H118O6. The lowest BCUT2D eigenvalue weighted by atomic mass is 10.1. The Hall–Kier alpha value is -4.71. The Bertz CT molecular complexity index is 1730. The molecule has 0 aromatic heterocycles. The number of carbonyl (C=O) groups is 3. The van der Waals surface area contributed by atoms with E-state index >= 15 is 0 Å². The number of esters is 3. The van der Waals surface area contributed by atoms with Gasteiger partial charge in [0.2, 0.25) is 0 Å². The molecule has 0 saturated heterocycles. The van der Waals surface area contributed by atoms with Gasteiger partial charge in [0.15, 0.2) is 6.10 Å². The van der Waals surface area contributed by atoms with Crippen molar-refractivity contribution in [2.24, 2.45) is 0 Å². The molecular weight excluding hydrogens is 973 g/mol. The standard InChI is InChI=1S/C73H118O6/c1-4-7-10-13-16-19-22-25-28-30-32-33-34-35-36-37-38-39-40-41-42-44-45-48-51-54-57-60-63-66-72(75)78-69-70(68-77-71(74)65-62-59-56-53-50-47-27-24-21-18-15-12-9-6-3)79-73(76)67-64-61-58-55-52-49-46-43-31-29-26-23-20-17-14-11-8-5-2/h7,10,15-16,18-19,24-25,27-29,31-33,35-36,38-39,41-42,45,48,54,57,70H,4-6,8-9,11-14,17,20-23,26,30,34,37,40,43-44,46-47,49-53,55-56,58-69H2,1-3H3/b10-7-,18-15-,19-16-,27-24-,28-25-,31-29-,33-32-,36-35-,39-38-,42-41-,48-45-,57-54-. The van der Waals surface area contributed by atoms with Crippen molar-refractivity contribution in [2.45, 2.75) is 284 Å². The number of ether oxygens (including phenoxy) is 3. The van der Waals surface area contributed by atoms with E-state index in [1.807, 2.05) is 0 Å². The first kappa shape index (κ1) is 74.3. The van der Waals surface area contributed by atoms with Gasteiger partial charge in [0, 0.05) is 19.3 Å². The number of rotatable bonds is 57. The highest BCUT2D eigenvalue weighted by atomic mass is 16.6. The van der Waals surface area contributed by atoms with Crippen LogP contribution in [0.3, 0.4) is 0 Å². The minimum Gasteiger partial charge on any atom is -0.462 e. The van der Waals surface area contributed by atoms with Crippen LogP contribution in [0.2, 0.25) is 0 Å². The first-order chi connectivity index (χ1) is 39.0. The molecule has 0 N–H and O–H groups in total. The van der Waals surface area contributed by atoms with Gasteiger partial charge in [-0.05, 0) is 135 Å². The Morgan fingerprint density at radius 3 is 0.873 bits per heavy atom. The Morgan fingerprint density at radius 1 is 0.266 bits per heavy atom. The summed E-state index contributed by atoms with van der Waals surface area (Å²) in [6.45, 7) is 6.42. The highest BCUT2D eigenvalue weighted by molar-refractivity contribution is 5.71. The first-order valence-corrected chi connectivity index (χ1v) is 32.3. The Kier molecular flexibility index (Phi) is 61.9. The van der Waals surface area contributed by atoms with Crippen LogP contribution in [-0.2, 0) is 28.6 Å². The van der Waals surface area contributed by atoms with Crippen molar-refractivity contribution in [1.82, 2.24) is 0 Å². The molecule has 0 amide bonds. The molecule has 0 aliphatic rings. The predicted molar refractivity (Wildman–Crippen MR) is 343 cm³/mol. The van der Waals surface area contributed by atoms with Crippen LogP contribution in [0.5, 0.6) is 0 Å². The zero-order valence-corrected chi connectivity index (χ0v) is 51.1. The zero-order valence-electron chi connectivity index (χ0n) is 51.1. The molecule has 0 heterocycles. The quantitative estimate of drug-likeness (QED) is 0.0261. The molecule has 1 unspecified atom stereocenters. The van der Waals surface area contributed by atoms with Gasteiger partial charge in [-0.25, -0.2) is 0 Å². The van der Waals surface area contributed by atoms with E-state index in [-0.39, 0.29) is 37.5 Å². The lowest BCUT2D eigenvalue weighted by Crippen LogP contribution is -2.30. The van der Waals surface area contributed by atoms with Crippen molar-refractivity contribution in [3.63, 3.8) is 0 Å². The van der Waals surface area contributed by atoms with Gasteiger partial charge >= 0.3 is 17.9 Å². The molecule has 6 nitrogen and oxygen atoms in total. The summed E-state index contributed by atoms with van der Waals surface area (Å²) in [6.07, 6.45) is 94.3. The molecule has 0 aromatic carbocycles. The van der Waals surface area contributed by atoms with E-state index in [0.29, 0.717) is 19.3 Å². The van der Waals surface area contributed by atoms with E-state index in [4.69, 9.17) is 14.2 Å². The van der Waals surface area contributed by atoms with Crippen LogP contribution in [0.15, 0.2) is 146 Å². The molecule has 0 aliphatic heterocycles. The minimum atomic E-state index is -0.817. The molecule has 6 heteroatoms. The fourth-order valence-electron chi connectivity index (χ4n) is 8.45. The fourth-order valence-corrected chi connectivity index (χ4v) is 8.45. The van der Waals surface area contributed by atoms with Crippen molar-refractivity contribution < 1.29 is 28.6 Å². The SMILES string of the molecule is CC/C=C\C/C=C\C/C=C\C/C=C\C/C=C\C/C=C\C/C=C\C/C=C\C/C=C\CCCC(=O)OCC(COC(=O)CCCCCCC/C=C\C/C=C\CCCC)OC(=O)CCCCCCCCC/C=C\CCCCCCCCC. The number of hydrogen-bond acceptors (Lipinski definition) is 6. The third-order valence-corrected chi connectivity index (χ3v) is 13.3. The molecule has 1 atom stereocenters. The highest BCUT2D eigenvalue weighted by Crippen LogP contribution is 2.14. The second-order valence-corrected chi connectivity index (χ2v) is 20.9. The van der Waals surface area contributed by atoms with Crippen LogP contribution in [-0.4, -0.2) is 37.2 Å². The summed E-state index contributed by atoms with van der Waals surface area (Å²) in [5, 5.41) is 0. The lowest BCUT2D eigenvalue weighted by Gasteiger charge is -2.18. The number of allylic oxidation sites excluding steroid dienone is 24. The topological polar surface area (TPSA) is 78.9 Å². The summed E-state index contributed by atoms with van der Waals surface area (Å²) in [4.78, 5) is 38.3. The van der Waals surface area contributed by atoms with E-state index in [1.165, 1.54) is 103 Å². The summed E-state index contributed by atoms with van der Waals surface area (Å²) < 4.78 is 16.9. The maximum Gasteiger partial charge on any atom is 0.306 e. The van der Waals surface area contributed by atoms with E-state index in [0.717, 1.165) is 128 Å². The largest absolute Gasteiger partial charge is 0.462 e. The third kappa shape index (κ3) is 64.0. The van der Waals surface area contributed by atoms with Crippen molar-refractivity contribution in [3.8, 4) is 0 Å². The maximum absolute atomic E-state index is 12.9. The van der Waals surface area contributed by atoms with Crippen LogP contribution >= 0.6 is 0 Å². The van der Waals surface area contributed by atoms with Gasteiger partial charge in [0.05, 0.1) is 0 Å². The molecule has 446 valence electrons. The molecule has 0 rings (SSSR count). The Labute approximate surface area is 487 Å². The molecule has 0 saturated carbocycles. The average molecular weight is 1090 g/mol. The summed E-state index contributed by atoms with van der Waals surface area (Å²) in [5.41, 5.74) is 0. The van der Waals surface area contributed by atoms with Crippen LogP contribution < -0.4 is 0 Å². The van der Waals surface area contributed by atoms with Crippen LogP contribution in [0.25, 0.3) is 0 Å². The van der Waals surface area contributed by atoms with Gasteiger partial charge in [0.25, 0.3) is 0 Å². The van der Waals surface area contributed by atoms with Gasteiger partial charge < -0.3 is 14.2 Å². The number of carbonyl (C=O) groups excluding carboxylic acids is 3. The van der Waals surface area contributed by atoms with E-state index in [2.05, 4.69) is 167 Å². The number of unbranched alkanes of at least 4 members (excludes halogenated alkanes) is 22.